The summed E-state index contributed by atoms with van der Waals surface area (Å²) in [5.74, 6) is -0.375. The van der Waals surface area contributed by atoms with Gasteiger partial charge in [-0.2, -0.15) is 0 Å². The van der Waals surface area contributed by atoms with Gasteiger partial charge in [-0.05, 0) is 24.3 Å². The summed E-state index contributed by atoms with van der Waals surface area (Å²) < 4.78 is 0. The van der Waals surface area contributed by atoms with Crippen LogP contribution in [-0.4, -0.2) is 27.3 Å². The SMILES string of the molecule is O=C(C[C@@H]1SC(=Nc2cccc(O)c2)NC1=O)Nc1ccccc1. The number of thioether (sulfide) groups is 1. The third-order valence-corrected chi connectivity index (χ3v) is 4.35. The second-order valence-electron chi connectivity index (χ2n) is 5.15. The molecule has 1 aliphatic heterocycles. The lowest BCUT2D eigenvalue weighted by molar-refractivity contribution is -0.122. The Balaban J connectivity index is 1.61. The van der Waals surface area contributed by atoms with Gasteiger partial charge >= 0.3 is 0 Å². The minimum atomic E-state index is -0.523. The van der Waals surface area contributed by atoms with Crippen LogP contribution in [0.5, 0.6) is 5.75 Å². The lowest BCUT2D eigenvalue weighted by Crippen LogP contribution is -2.28. The summed E-state index contributed by atoms with van der Waals surface area (Å²) in [6, 6.07) is 15.5. The summed E-state index contributed by atoms with van der Waals surface area (Å²) in [4.78, 5) is 28.3. The number of carbonyl (C=O) groups excluding carboxylic acids is 2. The second-order valence-corrected chi connectivity index (χ2v) is 6.34. The van der Waals surface area contributed by atoms with E-state index in [1.807, 2.05) is 18.2 Å². The van der Waals surface area contributed by atoms with Crippen molar-refractivity contribution in [1.29, 1.82) is 0 Å². The Bertz CT molecular complexity index is 793. The summed E-state index contributed by atoms with van der Waals surface area (Å²) in [6.07, 6.45) is 0.0600. The van der Waals surface area contributed by atoms with Crippen molar-refractivity contribution in [3.05, 3.63) is 54.6 Å². The van der Waals surface area contributed by atoms with Gasteiger partial charge in [0.15, 0.2) is 5.17 Å². The minimum Gasteiger partial charge on any atom is -0.508 e. The van der Waals surface area contributed by atoms with Crippen molar-refractivity contribution >= 4 is 40.1 Å². The number of nitrogens with zero attached hydrogens (tertiary/aromatic N) is 1. The number of carbonyl (C=O) groups is 2. The van der Waals surface area contributed by atoms with E-state index in [2.05, 4.69) is 15.6 Å². The van der Waals surface area contributed by atoms with Crippen LogP contribution in [0.15, 0.2) is 59.6 Å². The van der Waals surface area contributed by atoms with Crippen molar-refractivity contribution in [2.45, 2.75) is 11.7 Å². The largest absolute Gasteiger partial charge is 0.508 e. The standard InChI is InChI=1S/C17H15N3O3S/c21-13-8-4-7-12(9-13)19-17-20-16(23)14(24-17)10-15(22)18-11-5-2-1-3-6-11/h1-9,14,21H,10H2,(H,18,22)(H,19,20,23)/t14-/m0/s1. The van der Waals surface area contributed by atoms with Crippen LogP contribution in [-0.2, 0) is 9.59 Å². The number of amidine groups is 1. The average molecular weight is 341 g/mol. The molecule has 0 aromatic heterocycles. The number of rotatable bonds is 4. The number of hydrogen-bond acceptors (Lipinski definition) is 5. The molecule has 2 aromatic rings. The Morgan fingerprint density at radius 2 is 2.00 bits per heavy atom. The van der Waals surface area contributed by atoms with E-state index in [-0.39, 0.29) is 24.0 Å². The first-order valence-corrected chi connectivity index (χ1v) is 8.18. The molecule has 0 aliphatic carbocycles. The van der Waals surface area contributed by atoms with Crippen LogP contribution in [0.1, 0.15) is 6.42 Å². The highest BCUT2D eigenvalue weighted by Gasteiger charge is 2.32. The lowest BCUT2D eigenvalue weighted by Gasteiger charge is -2.07. The van der Waals surface area contributed by atoms with Crippen molar-refractivity contribution < 1.29 is 14.7 Å². The normalized spacial score (nSPS) is 18.4. The monoisotopic (exact) mass is 341 g/mol. The van der Waals surface area contributed by atoms with Crippen LogP contribution in [0.3, 0.4) is 0 Å². The fourth-order valence-electron chi connectivity index (χ4n) is 2.17. The van der Waals surface area contributed by atoms with Crippen molar-refractivity contribution in [2.75, 3.05) is 5.32 Å². The number of amides is 2. The molecule has 1 saturated heterocycles. The number of anilines is 1. The molecule has 3 rings (SSSR count). The molecule has 3 N–H and O–H groups in total. The van der Waals surface area contributed by atoms with Crippen molar-refractivity contribution in [3.63, 3.8) is 0 Å². The van der Waals surface area contributed by atoms with Gasteiger partial charge < -0.3 is 15.7 Å². The van der Waals surface area contributed by atoms with Crippen LogP contribution >= 0.6 is 11.8 Å². The third kappa shape index (κ3) is 4.14. The molecule has 122 valence electrons. The summed E-state index contributed by atoms with van der Waals surface area (Å²) in [7, 11) is 0. The van der Waals surface area contributed by atoms with Crippen molar-refractivity contribution in [2.24, 2.45) is 4.99 Å². The molecule has 6 nitrogen and oxygen atoms in total. The van der Waals surface area contributed by atoms with Gasteiger partial charge in [-0.25, -0.2) is 4.99 Å². The fraction of sp³-hybridized carbons (Fsp3) is 0.118. The van der Waals surface area contributed by atoms with Gasteiger partial charge in [0.1, 0.15) is 11.0 Å². The first-order chi connectivity index (χ1) is 11.6. The Labute approximate surface area is 143 Å². The van der Waals surface area contributed by atoms with E-state index < -0.39 is 5.25 Å². The van der Waals surface area contributed by atoms with Gasteiger partial charge in [-0.15, -0.1) is 0 Å². The predicted molar refractivity (Wildman–Crippen MR) is 94.4 cm³/mol. The maximum atomic E-state index is 12.0. The number of phenolic OH excluding ortho intramolecular Hbond substituents is 1. The van der Waals surface area contributed by atoms with Crippen molar-refractivity contribution in [3.8, 4) is 5.75 Å². The molecule has 0 unspecified atom stereocenters. The van der Waals surface area contributed by atoms with E-state index in [9.17, 15) is 14.7 Å². The molecule has 0 radical (unpaired) electrons. The van der Waals surface area contributed by atoms with Crippen LogP contribution in [0, 0.1) is 0 Å². The van der Waals surface area contributed by atoms with E-state index in [1.54, 1.807) is 30.3 Å². The van der Waals surface area contributed by atoms with Gasteiger partial charge in [-0.1, -0.05) is 36.0 Å². The minimum absolute atomic E-state index is 0.0600. The van der Waals surface area contributed by atoms with Crippen LogP contribution in [0.25, 0.3) is 0 Å². The van der Waals surface area contributed by atoms with E-state index in [0.717, 1.165) is 0 Å². The highest BCUT2D eigenvalue weighted by molar-refractivity contribution is 8.15. The van der Waals surface area contributed by atoms with Crippen LogP contribution in [0.4, 0.5) is 11.4 Å². The molecular weight excluding hydrogens is 326 g/mol. The molecule has 7 heteroatoms. The number of aliphatic imine (C=N–C) groups is 1. The summed E-state index contributed by atoms with van der Waals surface area (Å²) in [5.41, 5.74) is 1.23. The lowest BCUT2D eigenvalue weighted by atomic mass is 10.2. The second kappa shape index (κ2) is 7.18. The number of para-hydroxylation sites is 1. The quantitative estimate of drug-likeness (QED) is 0.797. The Morgan fingerprint density at radius 3 is 2.75 bits per heavy atom. The topological polar surface area (TPSA) is 90.8 Å². The maximum absolute atomic E-state index is 12.0. The van der Waals surface area contributed by atoms with E-state index in [1.165, 1.54) is 17.8 Å². The van der Waals surface area contributed by atoms with E-state index in [0.29, 0.717) is 16.5 Å². The zero-order valence-corrected chi connectivity index (χ0v) is 13.4. The Kier molecular flexibility index (Phi) is 4.81. The van der Waals surface area contributed by atoms with Crippen molar-refractivity contribution in [1.82, 2.24) is 5.32 Å². The van der Waals surface area contributed by atoms with Gasteiger partial charge in [0.2, 0.25) is 11.8 Å². The first kappa shape index (κ1) is 16.1. The number of aromatic hydroxyl groups is 1. The number of phenols is 1. The molecule has 2 aromatic carbocycles. The summed E-state index contributed by atoms with van der Waals surface area (Å²) in [6.45, 7) is 0. The van der Waals surface area contributed by atoms with Gasteiger partial charge in [0.05, 0.1) is 5.69 Å². The maximum Gasteiger partial charge on any atom is 0.240 e. The predicted octanol–water partition coefficient (Wildman–Crippen LogP) is 2.64. The van der Waals surface area contributed by atoms with E-state index >= 15 is 0 Å². The van der Waals surface area contributed by atoms with E-state index in [4.69, 9.17) is 0 Å². The molecule has 1 fully saturated rings. The van der Waals surface area contributed by atoms with Gasteiger partial charge in [-0.3, -0.25) is 9.59 Å². The highest BCUT2D eigenvalue weighted by Crippen LogP contribution is 2.26. The molecule has 0 bridgehead atoms. The van der Waals surface area contributed by atoms with Crippen LogP contribution in [0.2, 0.25) is 0 Å². The fourth-order valence-corrected chi connectivity index (χ4v) is 3.16. The zero-order valence-electron chi connectivity index (χ0n) is 12.6. The third-order valence-electron chi connectivity index (χ3n) is 3.27. The number of nitrogens with one attached hydrogen (secondary N) is 2. The molecule has 0 saturated carbocycles. The zero-order chi connectivity index (χ0) is 16.9. The smallest absolute Gasteiger partial charge is 0.240 e. The Hall–Kier alpha value is -2.80. The number of hydrogen-bond donors (Lipinski definition) is 3. The molecule has 0 spiro atoms. The molecule has 24 heavy (non-hydrogen) atoms. The Morgan fingerprint density at radius 1 is 1.21 bits per heavy atom. The number of benzene rings is 2. The molecular formula is C17H15N3O3S. The van der Waals surface area contributed by atoms with Crippen LogP contribution < -0.4 is 10.6 Å². The van der Waals surface area contributed by atoms with Gasteiger partial charge in [0, 0.05) is 18.2 Å². The molecule has 1 aliphatic rings. The van der Waals surface area contributed by atoms with Gasteiger partial charge in [0.25, 0.3) is 0 Å². The summed E-state index contributed by atoms with van der Waals surface area (Å²) in [5, 5.41) is 14.7. The molecule has 2 amide bonds. The molecule has 1 atom stereocenters. The summed E-state index contributed by atoms with van der Waals surface area (Å²) >= 11 is 1.21. The average Bonchev–Trinajstić information content (AvgIpc) is 2.87. The highest BCUT2D eigenvalue weighted by atomic mass is 32.2. The first-order valence-electron chi connectivity index (χ1n) is 7.30. The molecule has 1 heterocycles.